The number of rotatable bonds is 12. The molecule has 3 aromatic carbocycles. The molecule has 1 aliphatic rings. The van der Waals surface area contributed by atoms with E-state index in [9.17, 15) is 9.18 Å². The Kier molecular flexibility index (Phi) is 9.49. The Labute approximate surface area is 230 Å². The first-order chi connectivity index (χ1) is 18.4. The van der Waals surface area contributed by atoms with Crippen molar-refractivity contribution in [3.8, 4) is 5.75 Å². The number of nitrogens with one attached hydrogen (secondary N) is 2. The molecule has 0 saturated carbocycles. The van der Waals surface area contributed by atoms with Gasteiger partial charge in [-0.15, -0.1) is 0 Å². The van der Waals surface area contributed by atoms with Gasteiger partial charge in [0, 0.05) is 36.0 Å². The standard InChI is InChI=1S/C29H31BrFN3O4/c1-20-29(19-23-7-2-3-9-26(23)30,28(36)34-32-15-14-21-6-4-8-24(31)18-21)33-27(38-20)22-10-12-25(13-11-22)37-17-5-16-35/h2-4,6-13,18,20,32,35H,5,14-17,19H2,1H3,(H,34,36)/t20-,29-/m0/s1. The van der Waals surface area contributed by atoms with Gasteiger partial charge in [-0.25, -0.2) is 14.8 Å². The molecule has 1 aliphatic heterocycles. The summed E-state index contributed by atoms with van der Waals surface area (Å²) in [6.45, 7) is 2.75. The highest BCUT2D eigenvalue weighted by Crippen LogP contribution is 2.34. The minimum Gasteiger partial charge on any atom is -0.494 e. The molecule has 0 saturated heterocycles. The summed E-state index contributed by atoms with van der Waals surface area (Å²) in [5.74, 6) is 0.441. The van der Waals surface area contributed by atoms with Crippen LogP contribution in [0.2, 0.25) is 0 Å². The van der Waals surface area contributed by atoms with Crippen LogP contribution in [0.4, 0.5) is 4.39 Å². The minimum absolute atomic E-state index is 0.0714. The molecule has 38 heavy (non-hydrogen) atoms. The molecule has 0 radical (unpaired) electrons. The van der Waals surface area contributed by atoms with Gasteiger partial charge in [0.25, 0.3) is 5.91 Å². The van der Waals surface area contributed by atoms with Gasteiger partial charge in [0.2, 0.25) is 5.90 Å². The fraction of sp³-hybridized carbons (Fsp3) is 0.310. The number of ether oxygens (including phenoxy) is 2. The summed E-state index contributed by atoms with van der Waals surface area (Å²) in [6, 6.07) is 21.4. The van der Waals surface area contributed by atoms with Crippen LogP contribution in [0.3, 0.4) is 0 Å². The number of hydrazine groups is 1. The molecule has 0 fully saturated rings. The molecule has 0 spiro atoms. The first-order valence-electron chi connectivity index (χ1n) is 12.5. The maximum atomic E-state index is 13.7. The monoisotopic (exact) mass is 583 g/mol. The zero-order chi connectivity index (χ0) is 27.0. The number of hydrogen-bond acceptors (Lipinski definition) is 6. The fourth-order valence-corrected chi connectivity index (χ4v) is 4.65. The highest BCUT2D eigenvalue weighted by atomic mass is 79.9. The van der Waals surface area contributed by atoms with Crippen molar-refractivity contribution < 1.29 is 23.8 Å². The number of nitrogens with zero attached hydrogens (tertiary/aromatic N) is 1. The van der Waals surface area contributed by atoms with E-state index in [-0.39, 0.29) is 18.3 Å². The lowest BCUT2D eigenvalue weighted by atomic mass is 9.86. The second-order valence-corrected chi connectivity index (χ2v) is 9.93. The van der Waals surface area contributed by atoms with Gasteiger partial charge in [-0.05, 0) is 66.9 Å². The number of aliphatic hydroxyl groups excluding tert-OH is 1. The van der Waals surface area contributed by atoms with Gasteiger partial charge in [0.15, 0.2) is 5.54 Å². The lowest BCUT2D eigenvalue weighted by Gasteiger charge is -2.28. The van der Waals surface area contributed by atoms with E-state index < -0.39 is 11.6 Å². The van der Waals surface area contributed by atoms with Gasteiger partial charge in [-0.3, -0.25) is 10.2 Å². The zero-order valence-corrected chi connectivity index (χ0v) is 22.7. The largest absolute Gasteiger partial charge is 0.494 e. The van der Waals surface area contributed by atoms with Crippen molar-refractivity contribution in [2.45, 2.75) is 37.8 Å². The third-order valence-corrected chi connectivity index (χ3v) is 7.15. The predicted octanol–water partition coefficient (Wildman–Crippen LogP) is 4.36. The van der Waals surface area contributed by atoms with Crippen molar-refractivity contribution in [3.63, 3.8) is 0 Å². The van der Waals surface area contributed by atoms with E-state index >= 15 is 0 Å². The average molecular weight is 584 g/mol. The van der Waals surface area contributed by atoms with Crippen LogP contribution in [0.1, 0.15) is 30.0 Å². The Morgan fingerprint density at radius 3 is 2.68 bits per heavy atom. The second kappa shape index (κ2) is 13.0. The molecule has 2 atom stereocenters. The van der Waals surface area contributed by atoms with Gasteiger partial charge >= 0.3 is 0 Å². The molecule has 1 heterocycles. The number of hydrogen-bond donors (Lipinski definition) is 3. The van der Waals surface area contributed by atoms with Crippen LogP contribution >= 0.6 is 15.9 Å². The summed E-state index contributed by atoms with van der Waals surface area (Å²) in [5, 5.41) is 8.94. The van der Waals surface area contributed by atoms with Gasteiger partial charge in [0.05, 0.1) is 6.61 Å². The number of benzene rings is 3. The summed E-state index contributed by atoms with van der Waals surface area (Å²) in [4.78, 5) is 18.5. The fourth-order valence-electron chi connectivity index (χ4n) is 4.23. The van der Waals surface area contributed by atoms with Gasteiger partial charge in [-0.1, -0.05) is 46.3 Å². The molecule has 0 aliphatic carbocycles. The maximum absolute atomic E-state index is 13.7. The highest BCUT2D eigenvalue weighted by Gasteiger charge is 2.50. The van der Waals surface area contributed by atoms with Crippen LogP contribution in [0.25, 0.3) is 0 Å². The quantitative estimate of drug-likeness (QED) is 0.218. The molecule has 0 aromatic heterocycles. The molecule has 4 rings (SSSR count). The van der Waals surface area contributed by atoms with E-state index in [2.05, 4.69) is 26.8 Å². The zero-order valence-electron chi connectivity index (χ0n) is 21.1. The van der Waals surface area contributed by atoms with Crippen molar-refractivity contribution in [3.05, 3.63) is 99.8 Å². The van der Waals surface area contributed by atoms with Crippen molar-refractivity contribution in [2.24, 2.45) is 4.99 Å². The molecule has 3 N–H and O–H groups in total. The number of aliphatic hydroxyl groups is 1. The predicted molar refractivity (Wildman–Crippen MR) is 148 cm³/mol. The first-order valence-corrected chi connectivity index (χ1v) is 13.3. The van der Waals surface area contributed by atoms with Crippen LogP contribution in [0.15, 0.2) is 82.3 Å². The van der Waals surface area contributed by atoms with E-state index in [4.69, 9.17) is 19.6 Å². The van der Waals surface area contributed by atoms with Crippen molar-refractivity contribution in [2.75, 3.05) is 19.8 Å². The van der Waals surface area contributed by atoms with Crippen LogP contribution in [0.5, 0.6) is 5.75 Å². The van der Waals surface area contributed by atoms with E-state index in [1.165, 1.54) is 12.1 Å². The van der Waals surface area contributed by atoms with Crippen molar-refractivity contribution >= 4 is 27.7 Å². The Balaban J connectivity index is 1.52. The number of aliphatic imine (C=N–C) groups is 1. The summed E-state index contributed by atoms with van der Waals surface area (Å²) in [5.41, 5.74) is 7.04. The number of carbonyl (C=O) groups is 1. The summed E-state index contributed by atoms with van der Waals surface area (Å²) in [6.07, 6.45) is 0.870. The van der Waals surface area contributed by atoms with Crippen LogP contribution in [0, 0.1) is 5.82 Å². The highest BCUT2D eigenvalue weighted by molar-refractivity contribution is 9.10. The van der Waals surface area contributed by atoms with Crippen LogP contribution < -0.4 is 15.6 Å². The van der Waals surface area contributed by atoms with Crippen LogP contribution in [-0.4, -0.2) is 48.3 Å². The number of carbonyl (C=O) groups excluding carboxylic acids is 1. The third-order valence-electron chi connectivity index (χ3n) is 6.38. The minimum atomic E-state index is -1.22. The van der Waals surface area contributed by atoms with E-state index in [1.807, 2.05) is 61.5 Å². The summed E-state index contributed by atoms with van der Waals surface area (Å²) < 4.78 is 26.1. The molecule has 3 aromatic rings. The number of amides is 1. The Bertz CT molecular complexity index is 1270. The Morgan fingerprint density at radius 2 is 1.95 bits per heavy atom. The van der Waals surface area contributed by atoms with Crippen molar-refractivity contribution in [1.29, 1.82) is 0 Å². The normalized spacial score (nSPS) is 18.5. The molecular formula is C29H31BrFN3O4. The van der Waals surface area contributed by atoms with Crippen molar-refractivity contribution in [1.82, 2.24) is 10.9 Å². The maximum Gasteiger partial charge on any atom is 0.266 e. The lowest BCUT2D eigenvalue weighted by molar-refractivity contribution is -0.129. The second-order valence-electron chi connectivity index (χ2n) is 9.08. The molecule has 0 bridgehead atoms. The summed E-state index contributed by atoms with van der Waals surface area (Å²) in [7, 11) is 0. The molecule has 200 valence electrons. The van der Waals surface area contributed by atoms with E-state index in [1.54, 1.807) is 6.07 Å². The first kappa shape index (κ1) is 27.8. The van der Waals surface area contributed by atoms with Gasteiger partial charge in [0.1, 0.15) is 17.7 Å². The molecule has 7 nitrogen and oxygen atoms in total. The van der Waals surface area contributed by atoms with E-state index in [0.29, 0.717) is 44.1 Å². The Morgan fingerprint density at radius 1 is 1.16 bits per heavy atom. The van der Waals surface area contributed by atoms with Crippen LogP contribution in [-0.2, 0) is 22.4 Å². The van der Waals surface area contributed by atoms with E-state index in [0.717, 1.165) is 21.2 Å². The third kappa shape index (κ3) is 6.78. The SMILES string of the molecule is C[C@@H]1OC(c2ccc(OCCCO)cc2)=N[C@]1(Cc1ccccc1Br)C(=O)NNCCc1cccc(F)c1. The molecular weight excluding hydrogens is 553 g/mol. The topological polar surface area (TPSA) is 92.2 Å². The van der Waals surface area contributed by atoms with Gasteiger partial charge < -0.3 is 14.6 Å². The number of halogens is 2. The Hall–Kier alpha value is -3.27. The molecule has 9 heteroatoms. The molecule has 1 amide bonds. The molecule has 0 unspecified atom stereocenters. The lowest BCUT2D eigenvalue weighted by Crippen LogP contribution is -2.56. The average Bonchev–Trinajstić information content (AvgIpc) is 3.25. The van der Waals surface area contributed by atoms with Gasteiger partial charge in [-0.2, -0.15) is 0 Å². The summed E-state index contributed by atoms with van der Waals surface area (Å²) >= 11 is 3.59. The smallest absolute Gasteiger partial charge is 0.266 e.